The lowest BCUT2D eigenvalue weighted by Crippen LogP contribution is -2.62. The van der Waals surface area contributed by atoms with Gasteiger partial charge in [0.15, 0.2) is 0 Å². The number of ether oxygens (including phenoxy) is 1. The molecular formula is C13H27NO2. The third-order valence-electron chi connectivity index (χ3n) is 3.73. The lowest BCUT2D eigenvalue weighted by molar-refractivity contribution is -0.116. The Morgan fingerprint density at radius 1 is 1.44 bits per heavy atom. The molecule has 4 atom stereocenters. The molecule has 3 heteroatoms. The second-order valence-corrected chi connectivity index (χ2v) is 5.71. The van der Waals surface area contributed by atoms with E-state index in [9.17, 15) is 5.11 Å². The van der Waals surface area contributed by atoms with Crippen LogP contribution in [-0.2, 0) is 4.74 Å². The maximum atomic E-state index is 9.33. The van der Waals surface area contributed by atoms with Gasteiger partial charge in [-0.3, -0.25) is 0 Å². The van der Waals surface area contributed by atoms with E-state index in [1.807, 2.05) is 13.8 Å². The van der Waals surface area contributed by atoms with Crippen molar-refractivity contribution in [2.45, 2.75) is 71.8 Å². The SMILES string of the molecule is CCOC1CC(NC(C)CC(C)O)C1(C)C. The largest absolute Gasteiger partial charge is 0.393 e. The van der Waals surface area contributed by atoms with Crippen molar-refractivity contribution in [2.24, 2.45) is 5.41 Å². The van der Waals surface area contributed by atoms with E-state index in [0.717, 1.165) is 19.4 Å². The first-order chi connectivity index (χ1) is 7.37. The smallest absolute Gasteiger partial charge is 0.0655 e. The van der Waals surface area contributed by atoms with Crippen LogP contribution in [0, 0.1) is 5.41 Å². The molecule has 3 nitrogen and oxygen atoms in total. The van der Waals surface area contributed by atoms with Crippen LogP contribution in [0.5, 0.6) is 0 Å². The summed E-state index contributed by atoms with van der Waals surface area (Å²) in [6.07, 6.45) is 2.05. The van der Waals surface area contributed by atoms with Crippen molar-refractivity contribution in [3.63, 3.8) is 0 Å². The van der Waals surface area contributed by atoms with Crippen LogP contribution < -0.4 is 5.32 Å². The summed E-state index contributed by atoms with van der Waals surface area (Å²) < 4.78 is 5.70. The van der Waals surface area contributed by atoms with E-state index in [2.05, 4.69) is 26.1 Å². The molecular weight excluding hydrogens is 202 g/mol. The maximum absolute atomic E-state index is 9.33. The van der Waals surface area contributed by atoms with E-state index < -0.39 is 0 Å². The van der Waals surface area contributed by atoms with Gasteiger partial charge >= 0.3 is 0 Å². The molecule has 0 aromatic carbocycles. The average molecular weight is 229 g/mol. The maximum Gasteiger partial charge on any atom is 0.0655 e. The van der Waals surface area contributed by atoms with Crippen molar-refractivity contribution in [3.05, 3.63) is 0 Å². The number of nitrogens with one attached hydrogen (secondary N) is 1. The van der Waals surface area contributed by atoms with Gasteiger partial charge in [-0.1, -0.05) is 13.8 Å². The number of aliphatic hydroxyl groups is 1. The predicted molar refractivity (Wildman–Crippen MR) is 66.5 cm³/mol. The number of aliphatic hydroxyl groups excluding tert-OH is 1. The first kappa shape index (κ1) is 13.9. The Morgan fingerprint density at radius 2 is 2.06 bits per heavy atom. The van der Waals surface area contributed by atoms with Gasteiger partial charge < -0.3 is 15.2 Å². The van der Waals surface area contributed by atoms with Crippen LogP contribution in [0.3, 0.4) is 0 Å². The van der Waals surface area contributed by atoms with Crippen molar-refractivity contribution in [1.29, 1.82) is 0 Å². The van der Waals surface area contributed by atoms with Crippen LogP contribution in [0.1, 0.15) is 47.5 Å². The van der Waals surface area contributed by atoms with Gasteiger partial charge in [-0.2, -0.15) is 0 Å². The summed E-state index contributed by atoms with van der Waals surface area (Å²) in [5.74, 6) is 0. The molecule has 0 amide bonds. The molecule has 1 fully saturated rings. The van der Waals surface area contributed by atoms with Gasteiger partial charge in [0.05, 0.1) is 12.2 Å². The van der Waals surface area contributed by atoms with Crippen molar-refractivity contribution in [2.75, 3.05) is 6.61 Å². The van der Waals surface area contributed by atoms with Crippen molar-refractivity contribution < 1.29 is 9.84 Å². The molecule has 96 valence electrons. The molecule has 1 saturated carbocycles. The molecule has 4 unspecified atom stereocenters. The summed E-state index contributed by atoms with van der Waals surface area (Å²) in [6.45, 7) is 11.3. The minimum atomic E-state index is -0.228. The zero-order valence-electron chi connectivity index (χ0n) is 11.3. The Morgan fingerprint density at radius 3 is 2.50 bits per heavy atom. The molecule has 0 spiro atoms. The van der Waals surface area contributed by atoms with Crippen LogP contribution in [0.15, 0.2) is 0 Å². The fourth-order valence-corrected chi connectivity index (χ4v) is 2.58. The zero-order chi connectivity index (χ0) is 12.3. The molecule has 0 radical (unpaired) electrons. The highest BCUT2D eigenvalue weighted by atomic mass is 16.5. The summed E-state index contributed by atoms with van der Waals surface area (Å²) in [6, 6.07) is 0.879. The first-order valence-corrected chi connectivity index (χ1v) is 6.43. The second kappa shape index (κ2) is 5.48. The van der Waals surface area contributed by atoms with E-state index in [1.54, 1.807) is 0 Å². The fraction of sp³-hybridized carbons (Fsp3) is 1.00. The van der Waals surface area contributed by atoms with Crippen LogP contribution in [-0.4, -0.2) is 36.0 Å². The molecule has 1 rings (SSSR count). The molecule has 0 aromatic rings. The molecule has 1 aliphatic carbocycles. The molecule has 0 aliphatic heterocycles. The molecule has 0 aromatic heterocycles. The minimum absolute atomic E-state index is 0.211. The standard InChI is InChI=1S/C13H27NO2/c1-6-16-12-8-11(13(12,4)5)14-9(2)7-10(3)15/h9-12,14-15H,6-8H2,1-5H3. The molecule has 1 aliphatic rings. The fourth-order valence-electron chi connectivity index (χ4n) is 2.58. The summed E-state index contributed by atoms with van der Waals surface area (Å²) in [5, 5.41) is 12.9. The van der Waals surface area contributed by atoms with Gasteiger partial charge in [0.1, 0.15) is 0 Å². The van der Waals surface area contributed by atoms with Crippen molar-refractivity contribution in [3.8, 4) is 0 Å². The normalized spacial score (nSPS) is 31.9. The number of rotatable bonds is 6. The summed E-state index contributed by atoms with van der Waals surface area (Å²) in [7, 11) is 0. The van der Waals surface area contributed by atoms with Gasteiger partial charge in [-0.25, -0.2) is 0 Å². The lowest BCUT2D eigenvalue weighted by atomic mass is 9.64. The van der Waals surface area contributed by atoms with Crippen molar-refractivity contribution in [1.82, 2.24) is 5.32 Å². The van der Waals surface area contributed by atoms with E-state index in [1.165, 1.54) is 0 Å². The van der Waals surface area contributed by atoms with Gasteiger partial charge in [0, 0.05) is 24.1 Å². The number of hydrogen-bond donors (Lipinski definition) is 2. The Labute approximate surface area is 99.6 Å². The van der Waals surface area contributed by atoms with Gasteiger partial charge in [-0.05, 0) is 33.6 Å². The molecule has 2 N–H and O–H groups in total. The molecule has 0 saturated heterocycles. The molecule has 16 heavy (non-hydrogen) atoms. The van der Waals surface area contributed by atoms with Crippen LogP contribution in [0.4, 0.5) is 0 Å². The minimum Gasteiger partial charge on any atom is -0.393 e. The Hall–Kier alpha value is -0.120. The highest BCUT2D eigenvalue weighted by Gasteiger charge is 2.48. The van der Waals surface area contributed by atoms with E-state index in [-0.39, 0.29) is 11.5 Å². The summed E-state index contributed by atoms with van der Waals surface area (Å²) in [4.78, 5) is 0. The second-order valence-electron chi connectivity index (χ2n) is 5.71. The van der Waals surface area contributed by atoms with Gasteiger partial charge in [0.2, 0.25) is 0 Å². The van der Waals surface area contributed by atoms with Crippen LogP contribution in [0.25, 0.3) is 0 Å². The quantitative estimate of drug-likeness (QED) is 0.731. The Bertz CT molecular complexity index is 216. The third kappa shape index (κ3) is 3.19. The topological polar surface area (TPSA) is 41.5 Å². The predicted octanol–water partition coefficient (Wildman–Crippen LogP) is 1.94. The van der Waals surface area contributed by atoms with Crippen LogP contribution >= 0.6 is 0 Å². The number of hydrogen-bond acceptors (Lipinski definition) is 3. The van der Waals surface area contributed by atoms with E-state index >= 15 is 0 Å². The highest BCUT2D eigenvalue weighted by Crippen LogP contribution is 2.42. The van der Waals surface area contributed by atoms with Gasteiger partial charge in [0.25, 0.3) is 0 Å². The Balaban J connectivity index is 2.35. The molecule has 0 heterocycles. The monoisotopic (exact) mass is 229 g/mol. The van der Waals surface area contributed by atoms with E-state index in [4.69, 9.17) is 4.74 Å². The highest BCUT2D eigenvalue weighted by molar-refractivity contribution is 5.03. The summed E-state index contributed by atoms with van der Waals surface area (Å²) in [5.41, 5.74) is 0.211. The zero-order valence-corrected chi connectivity index (χ0v) is 11.3. The third-order valence-corrected chi connectivity index (χ3v) is 3.73. The first-order valence-electron chi connectivity index (χ1n) is 6.43. The summed E-state index contributed by atoms with van der Waals surface area (Å²) >= 11 is 0. The average Bonchev–Trinajstić information content (AvgIpc) is 2.15. The van der Waals surface area contributed by atoms with Crippen molar-refractivity contribution >= 4 is 0 Å². The molecule has 0 bridgehead atoms. The van der Waals surface area contributed by atoms with Crippen LogP contribution in [0.2, 0.25) is 0 Å². The van der Waals surface area contributed by atoms with E-state index in [0.29, 0.717) is 18.2 Å². The Kier molecular flexibility index (Phi) is 4.77. The lowest BCUT2D eigenvalue weighted by Gasteiger charge is -2.52. The van der Waals surface area contributed by atoms with Gasteiger partial charge in [-0.15, -0.1) is 0 Å².